The van der Waals surface area contributed by atoms with Crippen LogP contribution in [0.15, 0.2) is 54.7 Å². The first-order valence-corrected chi connectivity index (χ1v) is 10.3. The summed E-state index contributed by atoms with van der Waals surface area (Å²) in [5.41, 5.74) is 4.12. The Hall–Kier alpha value is -2.79. The lowest BCUT2D eigenvalue weighted by atomic mass is 10.0. The van der Waals surface area contributed by atoms with Gasteiger partial charge in [-0.25, -0.2) is 4.79 Å². The van der Waals surface area contributed by atoms with Crippen LogP contribution in [0.1, 0.15) is 25.3 Å². The topological polar surface area (TPSA) is 48.5 Å². The summed E-state index contributed by atoms with van der Waals surface area (Å²) in [6.45, 7) is 7.23. The molecule has 2 amide bonds. The largest absolute Gasteiger partial charge is 0.367 e. The number of aromatic nitrogens is 1. The molecule has 1 aliphatic heterocycles. The number of anilines is 2. The van der Waals surface area contributed by atoms with Crippen LogP contribution in [-0.4, -0.2) is 42.1 Å². The predicted molar refractivity (Wildman–Crippen MR) is 120 cm³/mol. The molecule has 1 aromatic heterocycles. The number of halogens is 1. The van der Waals surface area contributed by atoms with Crippen molar-refractivity contribution in [3.8, 4) is 0 Å². The van der Waals surface area contributed by atoms with Crippen molar-refractivity contribution >= 4 is 39.9 Å². The quantitative estimate of drug-likeness (QED) is 0.634. The van der Waals surface area contributed by atoms with E-state index in [1.165, 1.54) is 5.56 Å². The number of carbonyl (C=O) groups is 1. The fourth-order valence-corrected chi connectivity index (χ4v) is 3.85. The smallest absolute Gasteiger partial charge is 0.321 e. The van der Waals surface area contributed by atoms with Gasteiger partial charge in [-0.3, -0.25) is 4.98 Å². The first kappa shape index (κ1) is 19.5. The van der Waals surface area contributed by atoms with Crippen LogP contribution in [0.5, 0.6) is 0 Å². The van der Waals surface area contributed by atoms with E-state index in [0.717, 1.165) is 35.4 Å². The molecule has 0 unspecified atom stereocenters. The van der Waals surface area contributed by atoms with Gasteiger partial charge in [0.05, 0.1) is 5.52 Å². The van der Waals surface area contributed by atoms with Crippen molar-refractivity contribution in [2.24, 2.45) is 0 Å². The normalized spacial score (nSPS) is 14.5. The van der Waals surface area contributed by atoms with E-state index in [4.69, 9.17) is 11.6 Å². The number of fused-ring (bicyclic) bond motifs is 1. The maximum Gasteiger partial charge on any atom is 0.321 e. The minimum absolute atomic E-state index is 0.0479. The second-order valence-corrected chi connectivity index (χ2v) is 8.11. The van der Waals surface area contributed by atoms with Gasteiger partial charge in [0.1, 0.15) is 0 Å². The van der Waals surface area contributed by atoms with E-state index in [0.29, 0.717) is 24.0 Å². The average Bonchev–Trinajstić information content (AvgIpc) is 2.73. The first-order valence-electron chi connectivity index (χ1n) is 9.96. The fraction of sp³-hybridized carbons (Fsp3) is 0.304. The summed E-state index contributed by atoms with van der Waals surface area (Å²) >= 11 is 6.10. The van der Waals surface area contributed by atoms with Gasteiger partial charge < -0.3 is 15.1 Å². The Morgan fingerprint density at radius 2 is 1.76 bits per heavy atom. The number of carbonyl (C=O) groups excluding carboxylic acids is 1. The molecule has 0 aliphatic carbocycles. The molecular formula is C23H25ClN4O. The zero-order chi connectivity index (χ0) is 20.4. The van der Waals surface area contributed by atoms with Crippen LogP contribution >= 0.6 is 11.6 Å². The Bertz CT molecular complexity index is 1010. The SMILES string of the molecule is CC(C)c1ccc(NC(=O)N2CCN(c3ccnc4cc(Cl)ccc34)CC2)cc1. The third-order valence-corrected chi connectivity index (χ3v) is 5.65. The highest BCUT2D eigenvalue weighted by Crippen LogP contribution is 2.28. The number of nitrogens with zero attached hydrogens (tertiary/aromatic N) is 3. The molecule has 150 valence electrons. The molecule has 0 atom stereocenters. The van der Waals surface area contributed by atoms with Crippen molar-refractivity contribution in [3.63, 3.8) is 0 Å². The minimum Gasteiger partial charge on any atom is -0.367 e. The molecule has 1 saturated heterocycles. The van der Waals surface area contributed by atoms with Crippen molar-refractivity contribution in [1.82, 2.24) is 9.88 Å². The molecule has 5 nitrogen and oxygen atoms in total. The Labute approximate surface area is 176 Å². The van der Waals surface area contributed by atoms with Gasteiger partial charge in [-0.1, -0.05) is 37.6 Å². The summed E-state index contributed by atoms with van der Waals surface area (Å²) in [7, 11) is 0. The molecular weight excluding hydrogens is 384 g/mol. The van der Waals surface area contributed by atoms with E-state index < -0.39 is 0 Å². The molecule has 1 N–H and O–H groups in total. The number of urea groups is 1. The van der Waals surface area contributed by atoms with Crippen LogP contribution in [0.25, 0.3) is 10.9 Å². The van der Waals surface area contributed by atoms with Crippen molar-refractivity contribution in [1.29, 1.82) is 0 Å². The number of hydrogen-bond donors (Lipinski definition) is 1. The molecule has 29 heavy (non-hydrogen) atoms. The van der Waals surface area contributed by atoms with Gasteiger partial charge in [0.25, 0.3) is 0 Å². The number of amides is 2. The number of hydrogen-bond acceptors (Lipinski definition) is 3. The second kappa shape index (κ2) is 8.29. The van der Waals surface area contributed by atoms with E-state index in [9.17, 15) is 4.79 Å². The van der Waals surface area contributed by atoms with E-state index in [1.54, 1.807) is 0 Å². The summed E-state index contributed by atoms with van der Waals surface area (Å²) in [6.07, 6.45) is 1.81. The van der Waals surface area contributed by atoms with E-state index in [-0.39, 0.29) is 6.03 Å². The van der Waals surface area contributed by atoms with E-state index in [1.807, 2.05) is 47.5 Å². The van der Waals surface area contributed by atoms with Crippen LogP contribution < -0.4 is 10.2 Å². The third-order valence-electron chi connectivity index (χ3n) is 5.42. The molecule has 1 aliphatic rings. The average molecular weight is 409 g/mol. The van der Waals surface area contributed by atoms with Crippen molar-refractivity contribution in [2.45, 2.75) is 19.8 Å². The van der Waals surface area contributed by atoms with E-state index >= 15 is 0 Å². The first-order chi connectivity index (χ1) is 14.0. The standard InChI is InChI=1S/C23H25ClN4O/c1-16(2)17-3-6-19(7-4-17)26-23(29)28-13-11-27(12-14-28)22-9-10-25-21-15-18(24)5-8-20(21)22/h3-10,15-16H,11-14H2,1-2H3,(H,26,29). The maximum absolute atomic E-state index is 12.7. The number of nitrogens with one attached hydrogen (secondary N) is 1. The van der Waals surface area contributed by atoms with Crippen LogP contribution in [0, 0.1) is 0 Å². The monoisotopic (exact) mass is 408 g/mol. The summed E-state index contributed by atoms with van der Waals surface area (Å²) in [6, 6.07) is 15.8. The van der Waals surface area contributed by atoms with Crippen LogP contribution in [0.4, 0.5) is 16.2 Å². The predicted octanol–water partition coefficient (Wildman–Crippen LogP) is 5.37. The lowest BCUT2D eigenvalue weighted by Crippen LogP contribution is -2.50. The van der Waals surface area contributed by atoms with Crippen LogP contribution in [0.3, 0.4) is 0 Å². The number of piperazine rings is 1. The van der Waals surface area contributed by atoms with Gasteiger partial charge in [0, 0.05) is 54.2 Å². The fourth-order valence-electron chi connectivity index (χ4n) is 3.69. The highest BCUT2D eigenvalue weighted by Gasteiger charge is 2.22. The second-order valence-electron chi connectivity index (χ2n) is 7.67. The molecule has 0 spiro atoms. The molecule has 0 bridgehead atoms. The molecule has 4 rings (SSSR count). The highest BCUT2D eigenvalue weighted by atomic mass is 35.5. The zero-order valence-electron chi connectivity index (χ0n) is 16.7. The molecule has 0 saturated carbocycles. The lowest BCUT2D eigenvalue weighted by molar-refractivity contribution is 0.208. The van der Waals surface area contributed by atoms with Crippen molar-refractivity contribution < 1.29 is 4.79 Å². The molecule has 2 aromatic carbocycles. The van der Waals surface area contributed by atoms with Gasteiger partial charge in [0.15, 0.2) is 0 Å². The summed E-state index contributed by atoms with van der Waals surface area (Å²) in [5, 5.41) is 4.78. The van der Waals surface area contributed by atoms with Gasteiger partial charge in [-0.15, -0.1) is 0 Å². The number of pyridine rings is 1. The Morgan fingerprint density at radius 1 is 1.03 bits per heavy atom. The Kier molecular flexibility index (Phi) is 5.58. The zero-order valence-corrected chi connectivity index (χ0v) is 17.5. The summed E-state index contributed by atoms with van der Waals surface area (Å²) < 4.78 is 0. The molecule has 1 fully saturated rings. The minimum atomic E-state index is -0.0479. The van der Waals surface area contributed by atoms with Crippen LogP contribution in [0.2, 0.25) is 5.02 Å². The third kappa shape index (κ3) is 4.30. The molecule has 6 heteroatoms. The highest BCUT2D eigenvalue weighted by molar-refractivity contribution is 6.31. The van der Waals surface area contributed by atoms with Gasteiger partial charge in [-0.05, 0) is 47.9 Å². The van der Waals surface area contributed by atoms with Gasteiger partial charge >= 0.3 is 6.03 Å². The van der Waals surface area contributed by atoms with Crippen molar-refractivity contribution in [3.05, 3.63) is 65.3 Å². The van der Waals surface area contributed by atoms with Crippen molar-refractivity contribution in [2.75, 3.05) is 36.4 Å². The molecule has 2 heterocycles. The Morgan fingerprint density at radius 3 is 2.45 bits per heavy atom. The molecule has 3 aromatic rings. The van der Waals surface area contributed by atoms with E-state index in [2.05, 4.69) is 41.2 Å². The number of benzene rings is 2. The maximum atomic E-state index is 12.7. The lowest BCUT2D eigenvalue weighted by Gasteiger charge is -2.36. The van der Waals surface area contributed by atoms with Gasteiger partial charge in [-0.2, -0.15) is 0 Å². The van der Waals surface area contributed by atoms with Gasteiger partial charge in [0.2, 0.25) is 0 Å². The number of rotatable bonds is 3. The summed E-state index contributed by atoms with van der Waals surface area (Å²) in [5.74, 6) is 0.480. The summed E-state index contributed by atoms with van der Waals surface area (Å²) in [4.78, 5) is 21.2. The Balaban J connectivity index is 1.40. The molecule has 0 radical (unpaired) electrons. The van der Waals surface area contributed by atoms with Crippen LogP contribution in [-0.2, 0) is 0 Å².